The van der Waals surface area contributed by atoms with Crippen LogP contribution in [0.15, 0.2) is 30.5 Å². The van der Waals surface area contributed by atoms with Gasteiger partial charge in [-0.15, -0.1) is 5.10 Å². The molecule has 182 valence electrons. The van der Waals surface area contributed by atoms with Gasteiger partial charge in [0.25, 0.3) is 6.43 Å². The molecule has 0 unspecified atom stereocenters. The van der Waals surface area contributed by atoms with Gasteiger partial charge in [0.2, 0.25) is 0 Å². The van der Waals surface area contributed by atoms with Gasteiger partial charge in [0, 0.05) is 43.7 Å². The molecule has 4 rings (SSSR count). The lowest BCUT2D eigenvalue weighted by Gasteiger charge is -2.36. The normalized spacial score (nSPS) is 15.4. The Morgan fingerprint density at radius 2 is 1.82 bits per heavy atom. The first-order valence-corrected chi connectivity index (χ1v) is 10.6. The standard InChI is InChI=1S/C22H22F6N6/c1-13-19-17(9-15(11-29-19)34-7-5-33(6-8-34)12-22(26,27)28)21(32-31-13)30-10-14-3-2-4-16(18(14)23)20(24)25/h2-4,9,11,20H,5-8,10,12H2,1H3,(H,30,32). The maximum absolute atomic E-state index is 14.4. The second kappa shape index (κ2) is 9.61. The Kier molecular flexibility index (Phi) is 6.78. The molecule has 1 aromatic carbocycles. The van der Waals surface area contributed by atoms with Crippen molar-refractivity contribution in [2.75, 3.05) is 42.9 Å². The Morgan fingerprint density at radius 3 is 2.50 bits per heavy atom. The quantitative estimate of drug-likeness (QED) is 0.512. The Labute approximate surface area is 191 Å². The van der Waals surface area contributed by atoms with Gasteiger partial charge in [0.05, 0.1) is 35.2 Å². The first kappa shape index (κ1) is 24.0. The van der Waals surface area contributed by atoms with Crippen molar-refractivity contribution in [3.63, 3.8) is 0 Å². The molecule has 6 nitrogen and oxygen atoms in total. The fraction of sp³-hybridized carbons (Fsp3) is 0.409. The van der Waals surface area contributed by atoms with Gasteiger partial charge in [0.1, 0.15) is 5.82 Å². The second-order valence-corrected chi connectivity index (χ2v) is 8.08. The first-order valence-electron chi connectivity index (χ1n) is 10.6. The zero-order valence-corrected chi connectivity index (χ0v) is 18.2. The highest BCUT2D eigenvalue weighted by Crippen LogP contribution is 2.29. The van der Waals surface area contributed by atoms with Crippen LogP contribution in [0.2, 0.25) is 0 Å². The van der Waals surface area contributed by atoms with Gasteiger partial charge >= 0.3 is 6.18 Å². The van der Waals surface area contributed by atoms with Crippen LogP contribution in [0.3, 0.4) is 0 Å². The number of aryl methyl sites for hydroxylation is 1. The molecule has 2 aromatic heterocycles. The lowest BCUT2D eigenvalue weighted by Crippen LogP contribution is -2.49. The molecule has 3 aromatic rings. The molecular formula is C22H22F6N6. The molecule has 1 saturated heterocycles. The predicted molar refractivity (Wildman–Crippen MR) is 115 cm³/mol. The first-order chi connectivity index (χ1) is 16.1. The number of benzene rings is 1. The number of nitrogens with zero attached hydrogens (tertiary/aromatic N) is 5. The van der Waals surface area contributed by atoms with Crippen molar-refractivity contribution in [1.29, 1.82) is 0 Å². The minimum absolute atomic E-state index is 0.0539. The number of hydrogen-bond donors (Lipinski definition) is 1. The summed E-state index contributed by atoms with van der Waals surface area (Å²) < 4.78 is 78.3. The average molecular weight is 484 g/mol. The number of fused-ring (bicyclic) bond motifs is 1. The Bertz CT molecular complexity index is 1160. The van der Waals surface area contributed by atoms with E-state index in [-0.39, 0.29) is 25.2 Å². The SMILES string of the molecule is Cc1nnc(NCc2cccc(C(F)F)c2F)c2cc(N3CCN(CC(F)(F)F)CC3)cnc12. The summed E-state index contributed by atoms with van der Waals surface area (Å²) >= 11 is 0. The Hall–Kier alpha value is -3.15. The predicted octanol–water partition coefficient (Wildman–Crippen LogP) is 4.71. The van der Waals surface area contributed by atoms with E-state index < -0.39 is 30.5 Å². The summed E-state index contributed by atoms with van der Waals surface area (Å²) in [6.07, 6.45) is -5.53. The van der Waals surface area contributed by atoms with E-state index in [9.17, 15) is 26.3 Å². The molecule has 0 aliphatic carbocycles. The molecule has 12 heteroatoms. The monoisotopic (exact) mass is 484 g/mol. The molecule has 1 aliphatic heterocycles. The maximum Gasteiger partial charge on any atom is 0.401 e. The fourth-order valence-electron chi connectivity index (χ4n) is 3.95. The number of pyridine rings is 1. The highest BCUT2D eigenvalue weighted by Gasteiger charge is 2.32. The molecule has 34 heavy (non-hydrogen) atoms. The zero-order valence-electron chi connectivity index (χ0n) is 18.2. The van der Waals surface area contributed by atoms with Crippen molar-refractivity contribution < 1.29 is 26.3 Å². The largest absolute Gasteiger partial charge is 0.401 e. The van der Waals surface area contributed by atoms with Gasteiger partial charge in [0.15, 0.2) is 5.82 Å². The fourth-order valence-corrected chi connectivity index (χ4v) is 3.95. The van der Waals surface area contributed by atoms with E-state index in [4.69, 9.17) is 0 Å². The highest BCUT2D eigenvalue weighted by molar-refractivity contribution is 5.92. The third kappa shape index (κ3) is 5.32. The molecule has 0 saturated carbocycles. The van der Waals surface area contributed by atoms with E-state index in [0.717, 1.165) is 6.07 Å². The lowest BCUT2D eigenvalue weighted by atomic mass is 10.1. The summed E-state index contributed by atoms with van der Waals surface area (Å²) in [5.41, 5.74) is 1.21. The van der Waals surface area contributed by atoms with E-state index in [2.05, 4.69) is 20.5 Å². The summed E-state index contributed by atoms with van der Waals surface area (Å²) in [6, 6.07) is 5.60. The van der Waals surface area contributed by atoms with Gasteiger partial charge in [-0.25, -0.2) is 13.2 Å². The van der Waals surface area contributed by atoms with Crippen molar-refractivity contribution >= 4 is 22.4 Å². The van der Waals surface area contributed by atoms with Crippen LogP contribution in [0.4, 0.5) is 37.8 Å². The molecule has 0 amide bonds. The van der Waals surface area contributed by atoms with E-state index in [1.165, 1.54) is 17.0 Å². The minimum Gasteiger partial charge on any atom is -0.368 e. The molecular weight excluding hydrogens is 462 g/mol. The molecule has 3 heterocycles. The number of aromatic nitrogens is 3. The van der Waals surface area contributed by atoms with Crippen LogP contribution in [0.25, 0.3) is 10.9 Å². The summed E-state index contributed by atoms with van der Waals surface area (Å²) in [5.74, 6) is -0.683. The topological polar surface area (TPSA) is 57.2 Å². The number of alkyl halides is 5. The Balaban J connectivity index is 1.55. The van der Waals surface area contributed by atoms with Crippen molar-refractivity contribution in [3.8, 4) is 0 Å². The molecule has 1 fully saturated rings. The number of hydrogen-bond acceptors (Lipinski definition) is 6. The average Bonchev–Trinajstić information content (AvgIpc) is 2.78. The van der Waals surface area contributed by atoms with Crippen molar-refractivity contribution in [3.05, 3.63) is 53.1 Å². The summed E-state index contributed by atoms with van der Waals surface area (Å²) in [6.45, 7) is 2.01. The lowest BCUT2D eigenvalue weighted by molar-refractivity contribution is -0.146. The molecule has 0 bridgehead atoms. The van der Waals surface area contributed by atoms with Crippen LogP contribution >= 0.6 is 0 Å². The summed E-state index contributed by atoms with van der Waals surface area (Å²) in [4.78, 5) is 7.75. The third-order valence-electron chi connectivity index (χ3n) is 5.70. The molecule has 0 atom stereocenters. The second-order valence-electron chi connectivity index (χ2n) is 8.08. The van der Waals surface area contributed by atoms with Crippen LogP contribution < -0.4 is 10.2 Å². The smallest absolute Gasteiger partial charge is 0.368 e. The van der Waals surface area contributed by atoms with E-state index >= 15 is 0 Å². The van der Waals surface area contributed by atoms with Gasteiger partial charge in [-0.2, -0.15) is 18.3 Å². The van der Waals surface area contributed by atoms with Gasteiger partial charge in [-0.05, 0) is 13.0 Å². The third-order valence-corrected chi connectivity index (χ3v) is 5.70. The van der Waals surface area contributed by atoms with E-state index in [1.54, 1.807) is 19.2 Å². The molecule has 0 radical (unpaired) electrons. The minimum atomic E-state index is -4.24. The number of rotatable bonds is 6. The summed E-state index contributed by atoms with van der Waals surface area (Å²) in [7, 11) is 0. The molecule has 1 N–H and O–H groups in total. The van der Waals surface area contributed by atoms with Crippen LogP contribution in [0.1, 0.15) is 23.2 Å². The zero-order chi connectivity index (χ0) is 24.5. The van der Waals surface area contributed by atoms with E-state index in [1.807, 2.05) is 4.90 Å². The molecule has 0 spiro atoms. The van der Waals surface area contributed by atoms with Crippen molar-refractivity contribution in [2.45, 2.75) is 26.1 Å². The van der Waals surface area contributed by atoms with Gasteiger partial charge in [-0.3, -0.25) is 9.88 Å². The van der Waals surface area contributed by atoms with Crippen LogP contribution in [-0.4, -0.2) is 59.0 Å². The maximum atomic E-state index is 14.4. The van der Waals surface area contributed by atoms with Crippen LogP contribution in [0.5, 0.6) is 0 Å². The summed E-state index contributed by atoms with van der Waals surface area (Å²) in [5, 5.41) is 11.7. The van der Waals surface area contributed by atoms with Gasteiger partial charge < -0.3 is 10.2 Å². The van der Waals surface area contributed by atoms with Crippen molar-refractivity contribution in [1.82, 2.24) is 20.1 Å². The number of nitrogens with one attached hydrogen (secondary N) is 1. The number of anilines is 2. The number of piperazine rings is 1. The highest BCUT2D eigenvalue weighted by atomic mass is 19.4. The van der Waals surface area contributed by atoms with Gasteiger partial charge in [-0.1, -0.05) is 18.2 Å². The van der Waals surface area contributed by atoms with Crippen LogP contribution in [0, 0.1) is 12.7 Å². The van der Waals surface area contributed by atoms with Crippen LogP contribution in [-0.2, 0) is 6.54 Å². The van der Waals surface area contributed by atoms with E-state index in [0.29, 0.717) is 41.2 Å². The Morgan fingerprint density at radius 1 is 1.09 bits per heavy atom. The molecule has 1 aliphatic rings. The van der Waals surface area contributed by atoms with Crippen molar-refractivity contribution in [2.24, 2.45) is 0 Å². The number of halogens is 6.